The molecule has 2 fully saturated rings. The van der Waals surface area contributed by atoms with Crippen molar-refractivity contribution in [3.8, 4) is 0 Å². The lowest BCUT2D eigenvalue weighted by Gasteiger charge is -2.37. The Morgan fingerprint density at radius 3 is 2.49 bits per heavy atom. The molecule has 7 nitrogen and oxygen atoms in total. The predicted octanol–water partition coefficient (Wildman–Crippen LogP) is 4.74. The fourth-order valence-electron chi connectivity index (χ4n) is 5.41. The van der Waals surface area contributed by atoms with Gasteiger partial charge in [0.2, 0.25) is 11.8 Å². The number of carbonyl (C=O) groups excluding carboxylic acids is 1. The van der Waals surface area contributed by atoms with E-state index in [-0.39, 0.29) is 23.3 Å². The summed E-state index contributed by atoms with van der Waals surface area (Å²) in [7, 11) is 1.81. The molecule has 3 aromatic rings. The van der Waals surface area contributed by atoms with Crippen LogP contribution in [0, 0.1) is 5.92 Å². The van der Waals surface area contributed by atoms with Gasteiger partial charge in [-0.3, -0.25) is 9.79 Å². The van der Waals surface area contributed by atoms with Crippen molar-refractivity contribution >= 4 is 12.1 Å². The molecule has 1 saturated heterocycles. The standard InChI is InChI=1S/C30H37N5O2/c1-31-22-30(29-33-27(34-37-29)21-23-9-4-2-5-10-23)16-19-35(20-17-30)18-15-26(24-11-6-3-7-12-24)32-28(36)25-13-8-14-25/h2-7,9-12,22,25-26H,8,13-21H2,1H3,(H,32,36)/t26-/m0/s1. The second-order valence-electron chi connectivity index (χ2n) is 10.5. The molecular formula is C30H37N5O2. The molecule has 1 saturated carbocycles. The van der Waals surface area contributed by atoms with Crippen LogP contribution in [0.2, 0.25) is 0 Å². The lowest BCUT2D eigenvalue weighted by molar-refractivity contribution is -0.128. The molecule has 0 bridgehead atoms. The molecule has 1 aliphatic heterocycles. The zero-order valence-corrected chi connectivity index (χ0v) is 21.7. The molecule has 1 aromatic heterocycles. The van der Waals surface area contributed by atoms with Crippen molar-refractivity contribution < 1.29 is 9.32 Å². The summed E-state index contributed by atoms with van der Waals surface area (Å²) in [5.74, 6) is 1.77. The van der Waals surface area contributed by atoms with E-state index in [2.05, 4.69) is 44.6 Å². The number of benzene rings is 2. The van der Waals surface area contributed by atoms with Crippen LogP contribution in [0.5, 0.6) is 0 Å². The number of rotatable bonds is 10. The van der Waals surface area contributed by atoms with Gasteiger partial charge in [0.1, 0.15) is 0 Å². The third-order valence-corrected chi connectivity index (χ3v) is 7.95. The SMILES string of the molecule is CN=CC1(c2nc(Cc3ccccc3)no2)CCN(CC[C@H](NC(=O)C2CCC2)c2ccccc2)CC1. The maximum atomic E-state index is 12.7. The molecular weight excluding hydrogens is 462 g/mol. The van der Waals surface area contributed by atoms with Gasteiger partial charge >= 0.3 is 0 Å². The van der Waals surface area contributed by atoms with Crippen LogP contribution in [0.4, 0.5) is 0 Å². The average molecular weight is 500 g/mol. The van der Waals surface area contributed by atoms with E-state index in [4.69, 9.17) is 9.51 Å². The van der Waals surface area contributed by atoms with Crippen molar-refractivity contribution in [2.24, 2.45) is 10.9 Å². The lowest BCUT2D eigenvalue weighted by Crippen LogP contribution is -2.45. The largest absolute Gasteiger partial charge is 0.349 e. The summed E-state index contributed by atoms with van der Waals surface area (Å²) in [6, 6.07) is 20.6. The summed E-state index contributed by atoms with van der Waals surface area (Å²) in [6.45, 7) is 2.76. The number of nitrogens with zero attached hydrogens (tertiary/aromatic N) is 4. The molecule has 2 aliphatic rings. The van der Waals surface area contributed by atoms with E-state index < -0.39 is 0 Å². The Morgan fingerprint density at radius 2 is 1.84 bits per heavy atom. The first-order chi connectivity index (χ1) is 18.1. The van der Waals surface area contributed by atoms with Gasteiger partial charge in [0, 0.05) is 32.1 Å². The fourth-order valence-corrected chi connectivity index (χ4v) is 5.41. The quantitative estimate of drug-likeness (QED) is 0.407. The molecule has 1 aliphatic carbocycles. The molecule has 37 heavy (non-hydrogen) atoms. The highest BCUT2D eigenvalue weighted by molar-refractivity contribution is 5.79. The summed E-state index contributed by atoms with van der Waals surface area (Å²) in [6.07, 6.45) is 8.49. The van der Waals surface area contributed by atoms with E-state index in [1.54, 1.807) is 0 Å². The van der Waals surface area contributed by atoms with E-state index in [9.17, 15) is 4.79 Å². The minimum Gasteiger partial charge on any atom is -0.349 e. The predicted molar refractivity (Wildman–Crippen MR) is 145 cm³/mol. The lowest BCUT2D eigenvalue weighted by atomic mass is 9.79. The molecule has 0 spiro atoms. The van der Waals surface area contributed by atoms with Crippen molar-refractivity contribution in [1.82, 2.24) is 20.4 Å². The van der Waals surface area contributed by atoms with Crippen molar-refractivity contribution in [2.45, 2.75) is 56.4 Å². The summed E-state index contributed by atoms with van der Waals surface area (Å²) >= 11 is 0. The Bertz CT molecular complexity index is 1160. The van der Waals surface area contributed by atoms with Gasteiger partial charge in [0.15, 0.2) is 5.82 Å². The molecule has 1 atom stereocenters. The van der Waals surface area contributed by atoms with Crippen LogP contribution in [0.15, 0.2) is 70.2 Å². The molecule has 1 N–H and O–H groups in total. The van der Waals surface area contributed by atoms with Crippen molar-refractivity contribution in [3.05, 3.63) is 83.5 Å². The zero-order valence-electron chi connectivity index (χ0n) is 21.7. The highest BCUT2D eigenvalue weighted by atomic mass is 16.5. The highest BCUT2D eigenvalue weighted by Gasteiger charge is 2.40. The number of nitrogens with one attached hydrogen (secondary N) is 1. The molecule has 7 heteroatoms. The molecule has 0 unspecified atom stereocenters. The first-order valence-electron chi connectivity index (χ1n) is 13.5. The summed E-state index contributed by atoms with van der Waals surface area (Å²) in [4.78, 5) is 24.4. The van der Waals surface area contributed by atoms with Crippen molar-refractivity contribution in [2.75, 3.05) is 26.7 Å². The topological polar surface area (TPSA) is 83.6 Å². The highest BCUT2D eigenvalue weighted by Crippen LogP contribution is 2.34. The number of carbonyl (C=O) groups is 1. The van der Waals surface area contributed by atoms with Gasteiger partial charge in [-0.15, -0.1) is 0 Å². The third kappa shape index (κ3) is 6.16. The van der Waals surface area contributed by atoms with Crippen LogP contribution < -0.4 is 5.32 Å². The number of likely N-dealkylation sites (tertiary alicyclic amines) is 1. The summed E-state index contributed by atoms with van der Waals surface area (Å²) in [5, 5.41) is 7.62. The normalized spacial score (nSPS) is 18.9. The van der Waals surface area contributed by atoms with Gasteiger partial charge in [0.05, 0.1) is 11.5 Å². The van der Waals surface area contributed by atoms with Crippen molar-refractivity contribution in [3.63, 3.8) is 0 Å². The second kappa shape index (κ2) is 11.8. The van der Waals surface area contributed by atoms with Gasteiger partial charge < -0.3 is 14.7 Å². The molecule has 5 rings (SSSR count). The van der Waals surface area contributed by atoms with E-state index in [0.29, 0.717) is 18.1 Å². The maximum Gasteiger partial charge on any atom is 0.238 e. The van der Waals surface area contributed by atoms with Crippen LogP contribution in [0.3, 0.4) is 0 Å². The second-order valence-corrected chi connectivity index (χ2v) is 10.5. The number of amides is 1. The number of hydrogen-bond acceptors (Lipinski definition) is 6. The Hall–Kier alpha value is -3.32. The molecule has 0 radical (unpaired) electrons. The zero-order chi connectivity index (χ0) is 25.5. The Labute approximate surface area is 219 Å². The van der Waals surface area contributed by atoms with Gasteiger partial charge in [-0.25, -0.2) is 0 Å². The third-order valence-electron chi connectivity index (χ3n) is 7.95. The van der Waals surface area contributed by atoms with Crippen LogP contribution in [-0.4, -0.2) is 53.8 Å². The first-order valence-corrected chi connectivity index (χ1v) is 13.5. The fraction of sp³-hybridized carbons (Fsp3) is 0.467. The molecule has 194 valence electrons. The van der Waals surface area contributed by atoms with Gasteiger partial charge in [0.25, 0.3) is 0 Å². The average Bonchev–Trinajstić information content (AvgIpc) is 3.37. The Morgan fingerprint density at radius 1 is 1.14 bits per heavy atom. The summed E-state index contributed by atoms with van der Waals surface area (Å²) in [5.41, 5.74) is 2.02. The van der Waals surface area contributed by atoms with E-state index in [1.807, 2.05) is 49.7 Å². The molecule has 2 aromatic carbocycles. The van der Waals surface area contributed by atoms with Gasteiger partial charge in [-0.1, -0.05) is 72.2 Å². The number of hydrogen-bond donors (Lipinski definition) is 1. The van der Waals surface area contributed by atoms with Gasteiger partial charge in [-0.05, 0) is 56.3 Å². The Balaban J connectivity index is 1.20. The smallest absolute Gasteiger partial charge is 0.238 e. The van der Waals surface area contributed by atoms with E-state index in [1.165, 1.54) is 17.5 Å². The summed E-state index contributed by atoms with van der Waals surface area (Å²) < 4.78 is 5.79. The Kier molecular flexibility index (Phi) is 8.09. The van der Waals surface area contributed by atoms with Crippen LogP contribution in [0.1, 0.15) is 67.4 Å². The first kappa shape index (κ1) is 25.3. The molecule has 1 amide bonds. The minimum absolute atomic E-state index is 0.0367. The molecule has 2 heterocycles. The number of aromatic nitrogens is 2. The minimum atomic E-state index is -0.329. The number of aliphatic imine (C=N–C) groups is 1. The van der Waals surface area contributed by atoms with Crippen LogP contribution >= 0.6 is 0 Å². The van der Waals surface area contributed by atoms with Crippen LogP contribution in [0.25, 0.3) is 0 Å². The van der Waals surface area contributed by atoms with Crippen molar-refractivity contribution in [1.29, 1.82) is 0 Å². The van der Waals surface area contributed by atoms with Gasteiger partial charge in [-0.2, -0.15) is 4.98 Å². The number of piperidine rings is 1. The van der Waals surface area contributed by atoms with Crippen LogP contribution in [-0.2, 0) is 16.6 Å². The maximum absolute atomic E-state index is 12.7. The van der Waals surface area contributed by atoms with E-state index >= 15 is 0 Å². The van der Waals surface area contributed by atoms with E-state index in [0.717, 1.165) is 51.7 Å². The monoisotopic (exact) mass is 499 g/mol.